The molecule has 0 saturated heterocycles. The van der Waals surface area contributed by atoms with Gasteiger partial charge in [0.1, 0.15) is 18.1 Å². The number of hydrogen-bond donors (Lipinski definition) is 0. The molecule has 0 radical (unpaired) electrons. The molecule has 0 N–H and O–H groups in total. The Bertz CT molecular complexity index is 354. The molecule has 1 heterocycles. The Morgan fingerprint density at radius 1 is 1.50 bits per heavy atom. The molecule has 0 aromatic heterocycles. The van der Waals surface area contributed by atoms with Gasteiger partial charge < -0.3 is 14.4 Å². The molecule has 0 saturated carbocycles. The predicted molar refractivity (Wildman–Crippen MR) is 56.8 cm³/mol. The van der Waals surface area contributed by atoms with E-state index in [2.05, 4.69) is 4.90 Å². The molecule has 1 aliphatic rings. The van der Waals surface area contributed by atoms with Crippen molar-refractivity contribution in [1.29, 1.82) is 0 Å². The number of nitrogens with zero attached hydrogens (tertiary/aromatic N) is 1. The number of likely N-dealkylation sites (N-methyl/N-ethyl adjacent to an activating group) is 1. The molecular formula is C10H12ClNO2. The number of anilines is 1. The van der Waals surface area contributed by atoms with Crippen LogP contribution in [0.2, 0.25) is 5.02 Å². The summed E-state index contributed by atoms with van der Waals surface area (Å²) in [5.41, 5.74) is 1.02. The first-order valence-electron chi connectivity index (χ1n) is 4.44. The highest BCUT2D eigenvalue weighted by Gasteiger charge is 2.17. The molecular weight excluding hydrogens is 202 g/mol. The lowest BCUT2D eigenvalue weighted by atomic mass is 10.2. The highest BCUT2D eigenvalue weighted by atomic mass is 35.5. The molecule has 0 spiro atoms. The maximum atomic E-state index is 6.02. The molecule has 1 aliphatic heterocycles. The number of halogens is 1. The summed E-state index contributed by atoms with van der Waals surface area (Å²) in [6, 6.07) is 3.70. The molecule has 76 valence electrons. The van der Waals surface area contributed by atoms with Crippen molar-refractivity contribution in [3.05, 3.63) is 17.2 Å². The molecule has 1 aromatic carbocycles. The highest BCUT2D eigenvalue weighted by Crippen LogP contribution is 2.39. The molecule has 1 aromatic rings. The molecule has 0 fully saturated rings. The molecule has 4 heteroatoms. The van der Waals surface area contributed by atoms with Crippen LogP contribution in [0, 0.1) is 0 Å². The lowest BCUT2D eigenvalue weighted by molar-refractivity contribution is 0.308. The monoisotopic (exact) mass is 213 g/mol. The smallest absolute Gasteiger partial charge is 0.146 e. The van der Waals surface area contributed by atoms with Gasteiger partial charge in [-0.15, -0.1) is 0 Å². The second-order valence-corrected chi connectivity index (χ2v) is 3.63. The van der Waals surface area contributed by atoms with E-state index in [1.54, 1.807) is 7.11 Å². The fraction of sp³-hybridized carbons (Fsp3) is 0.400. The summed E-state index contributed by atoms with van der Waals surface area (Å²) in [7, 11) is 3.62. The van der Waals surface area contributed by atoms with E-state index in [0.29, 0.717) is 17.4 Å². The van der Waals surface area contributed by atoms with Crippen molar-refractivity contribution in [2.45, 2.75) is 0 Å². The van der Waals surface area contributed by atoms with Gasteiger partial charge in [0, 0.05) is 13.1 Å². The third kappa shape index (κ3) is 1.48. The van der Waals surface area contributed by atoms with Crippen molar-refractivity contribution in [3.63, 3.8) is 0 Å². The van der Waals surface area contributed by atoms with Gasteiger partial charge in [-0.05, 0) is 6.07 Å². The van der Waals surface area contributed by atoms with Gasteiger partial charge in [0.05, 0.1) is 24.4 Å². The van der Waals surface area contributed by atoms with E-state index in [4.69, 9.17) is 21.1 Å². The maximum absolute atomic E-state index is 6.02. The second kappa shape index (κ2) is 3.58. The second-order valence-electron chi connectivity index (χ2n) is 3.22. The van der Waals surface area contributed by atoms with Crippen LogP contribution in [0.4, 0.5) is 5.69 Å². The Labute approximate surface area is 88.2 Å². The van der Waals surface area contributed by atoms with Gasteiger partial charge in [0.15, 0.2) is 0 Å². The fourth-order valence-electron chi connectivity index (χ4n) is 1.51. The summed E-state index contributed by atoms with van der Waals surface area (Å²) in [5.74, 6) is 1.49. The average molecular weight is 214 g/mol. The molecule has 0 aliphatic carbocycles. The summed E-state index contributed by atoms with van der Waals surface area (Å²) in [5, 5.41) is 0.614. The van der Waals surface area contributed by atoms with Crippen molar-refractivity contribution in [2.75, 3.05) is 32.2 Å². The number of fused-ring (bicyclic) bond motifs is 1. The third-order valence-electron chi connectivity index (χ3n) is 2.33. The zero-order valence-corrected chi connectivity index (χ0v) is 8.97. The summed E-state index contributed by atoms with van der Waals surface area (Å²) >= 11 is 6.02. The van der Waals surface area contributed by atoms with Gasteiger partial charge in [-0.3, -0.25) is 0 Å². The van der Waals surface area contributed by atoms with E-state index in [9.17, 15) is 0 Å². The lowest BCUT2D eigenvalue weighted by Crippen LogP contribution is -2.28. The summed E-state index contributed by atoms with van der Waals surface area (Å²) in [6.45, 7) is 1.59. The summed E-state index contributed by atoms with van der Waals surface area (Å²) in [6.07, 6.45) is 0. The largest absolute Gasteiger partial charge is 0.495 e. The highest BCUT2D eigenvalue weighted by molar-refractivity contribution is 6.32. The van der Waals surface area contributed by atoms with Gasteiger partial charge in [0.2, 0.25) is 0 Å². The van der Waals surface area contributed by atoms with Crippen LogP contribution < -0.4 is 14.4 Å². The Morgan fingerprint density at radius 2 is 2.29 bits per heavy atom. The van der Waals surface area contributed by atoms with E-state index < -0.39 is 0 Å². The van der Waals surface area contributed by atoms with Crippen molar-refractivity contribution in [2.24, 2.45) is 0 Å². The zero-order chi connectivity index (χ0) is 10.1. The Hall–Kier alpha value is -1.09. The average Bonchev–Trinajstić information content (AvgIpc) is 2.19. The van der Waals surface area contributed by atoms with Gasteiger partial charge >= 0.3 is 0 Å². The first-order chi connectivity index (χ1) is 6.72. The van der Waals surface area contributed by atoms with Crippen LogP contribution in [0.5, 0.6) is 11.5 Å². The summed E-state index contributed by atoms with van der Waals surface area (Å²) < 4.78 is 10.6. The van der Waals surface area contributed by atoms with Crippen LogP contribution in [0.25, 0.3) is 0 Å². The number of hydrogen-bond acceptors (Lipinski definition) is 3. The molecule has 14 heavy (non-hydrogen) atoms. The standard InChI is InChI=1S/C10H12ClNO2/c1-12-3-4-14-10-6-9(13-2)7(11)5-8(10)12/h5-6H,3-4H2,1-2H3. The van der Waals surface area contributed by atoms with Crippen LogP contribution in [-0.4, -0.2) is 27.3 Å². The Morgan fingerprint density at radius 3 is 3.00 bits per heavy atom. The third-order valence-corrected chi connectivity index (χ3v) is 2.62. The normalized spacial score (nSPS) is 14.6. The van der Waals surface area contributed by atoms with Crippen LogP contribution in [-0.2, 0) is 0 Å². The number of rotatable bonds is 1. The van der Waals surface area contributed by atoms with Crippen LogP contribution in [0.15, 0.2) is 12.1 Å². The van der Waals surface area contributed by atoms with Crippen molar-refractivity contribution < 1.29 is 9.47 Å². The van der Waals surface area contributed by atoms with E-state index in [-0.39, 0.29) is 0 Å². The van der Waals surface area contributed by atoms with Crippen LogP contribution in [0.3, 0.4) is 0 Å². The lowest BCUT2D eigenvalue weighted by Gasteiger charge is -2.28. The SMILES string of the molecule is COc1cc2c(cc1Cl)N(C)CCO2. The van der Waals surface area contributed by atoms with Crippen molar-refractivity contribution >= 4 is 17.3 Å². The van der Waals surface area contributed by atoms with E-state index in [0.717, 1.165) is 18.0 Å². The van der Waals surface area contributed by atoms with Crippen molar-refractivity contribution in [3.8, 4) is 11.5 Å². The molecule has 0 bridgehead atoms. The summed E-state index contributed by atoms with van der Waals surface area (Å²) in [4.78, 5) is 2.12. The van der Waals surface area contributed by atoms with E-state index in [1.165, 1.54) is 0 Å². The van der Waals surface area contributed by atoms with Crippen molar-refractivity contribution in [1.82, 2.24) is 0 Å². The quantitative estimate of drug-likeness (QED) is 0.714. The predicted octanol–water partition coefficient (Wildman–Crippen LogP) is 2.18. The molecule has 3 nitrogen and oxygen atoms in total. The van der Waals surface area contributed by atoms with Gasteiger partial charge in [-0.25, -0.2) is 0 Å². The maximum Gasteiger partial charge on any atom is 0.146 e. The first-order valence-corrected chi connectivity index (χ1v) is 4.81. The number of benzene rings is 1. The van der Waals surface area contributed by atoms with Crippen LogP contribution >= 0.6 is 11.6 Å². The fourth-order valence-corrected chi connectivity index (χ4v) is 1.74. The first kappa shape index (κ1) is 9.46. The van der Waals surface area contributed by atoms with Gasteiger partial charge in [-0.2, -0.15) is 0 Å². The molecule has 0 atom stereocenters. The topological polar surface area (TPSA) is 21.7 Å². The Balaban J connectivity index is 2.48. The van der Waals surface area contributed by atoms with Gasteiger partial charge in [0.25, 0.3) is 0 Å². The minimum Gasteiger partial charge on any atom is -0.495 e. The minimum atomic E-state index is 0.614. The van der Waals surface area contributed by atoms with E-state index in [1.807, 2.05) is 19.2 Å². The molecule has 0 unspecified atom stereocenters. The van der Waals surface area contributed by atoms with Crippen LogP contribution in [0.1, 0.15) is 0 Å². The molecule has 2 rings (SSSR count). The van der Waals surface area contributed by atoms with Gasteiger partial charge in [-0.1, -0.05) is 11.6 Å². The van der Waals surface area contributed by atoms with E-state index >= 15 is 0 Å². The minimum absolute atomic E-state index is 0.614. The Kier molecular flexibility index (Phi) is 2.42. The zero-order valence-electron chi connectivity index (χ0n) is 8.21. The number of ether oxygens (including phenoxy) is 2. The number of methoxy groups -OCH3 is 1. The molecule has 0 amide bonds.